The van der Waals surface area contributed by atoms with Gasteiger partial charge in [-0.25, -0.2) is 4.98 Å². The van der Waals surface area contributed by atoms with Crippen LogP contribution < -0.4 is 14.8 Å². The van der Waals surface area contributed by atoms with Gasteiger partial charge in [0.15, 0.2) is 5.13 Å². The third kappa shape index (κ3) is 4.63. The fourth-order valence-corrected chi connectivity index (χ4v) is 4.90. The average molecular weight is 485 g/mol. The Labute approximate surface area is 206 Å². The number of ether oxygens (including phenoxy) is 2. The molecule has 0 fully saturated rings. The zero-order valence-electron chi connectivity index (χ0n) is 19.6. The molecule has 1 amide bonds. The van der Waals surface area contributed by atoms with Gasteiger partial charge in [-0.3, -0.25) is 10.1 Å². The number of methoxy groups -OCH3 is 1. The van der Waals surface area contributed by atoms with E-state index in [1.807, 2.05) is 74.5 Å². The van der Waals surface area contributed by atoms with Crippen LogP contribution in [0.25, 0.3) is 37.9 Å². The normalized spacial score (nSPS) is 11.7. The molecule has 176 valence electrons. The highest BCUT2D eigenvalue weighted by Crippen LogP contribution is 2.37. The smallest absolute Gasteiger partial charge is 0.250 e. The first kappa shape index (κ1) is 22.7. The van der Waals surface area contributed by atoms with Crippen LogP contribution in [-0.2, 0) is 4.79 Å². The minimum absolute atomic E-state index is 0.260. The minimum Gasteiger partial charge on any atom is -0.496 e. The summed E-state index contributed by atoms with van der Waals surface area (Å²) in [6.45, 7) is 4.43. The molecule has 5 aromatic rings. The van der Waals surface area contributed by atoms with Crippen molar-refractivity contribution >= 4 is 49.1 Å². The molecule has 6 nitrogen and oxygen atoms in total. The lowest BCUT2D eigenvalue weighted by molar-refractivity contribution is -0.111. The summed E-state index contributed by atoms with van der Waals surface area (Å²) < 4.78 is 17.9. The first-order valence-electron chi connectivity index (χ1n) is 11.2. The van der Waals surface area contributed by atoms with E-state index in [-0.39, 0.29) is 5.91 Å². The van der Waals surface area contributed by atoms with Crippen molar-refractivity contribution in [2.75, 3.05) is 19.0 Å². The van der Waals surface area contributed by atoms with Gasteiger partial charge in [-0.05, 0) is 49.2 Å². The topological polar surface area (TPSA) is 73.6 Å². The monoisotopic (exact) mass is 484 g/mol. The number of fused-ring (bicyclic) bond motifs is 2. The number of thiazole rings is 1. The summed E-state index contributed by atoms with van der Waals surface area (Å²) in [6, 6.07) is 19.6. The molecule has 0 spiro atoms. The number of hydrogen-bond donors (Lipinski definition) is 1. The number of anilines is 1. The molecule has 2 heterocycles. The Hall–Kier alpha value is -4.10. The Bertz CT molecular complexity index is 1550. The van der Waals surface area contributed by atoms with Crippen LogP contribution in [0.1, 0.15) is 19.4 Å². The van der Waals surface area contributed by atoms with Crippen molar-refractivity contribution < 1.29 is 18.7 Å². The van der Waals surface area contributed by atoms with Crippen LogP contribution in [0.5, 0.6) is 11.5 Å². The van der Waals surface area contributed by atoms with Crippen LogP contribution in [-0.4, -0.2) is 24.6 Å². The van der Waals surface area contributed by atoms with Gasteiger partial charge in [0.25, 0.3) is 0 Å². The molecule has 3 aromatic carbocycles. The van der Waals surface area contributed by atoms with Crippen LogP contribution in [0.2, 0.25) is 0 Å². The van der Waals surface area contributed by atoms with E-state index >= 15 is 0 Å². The molecule has 0 unspecified atom stereocenters. The summed E-state index contributed by atoms with van der Waals surface area (Å²) in [5, 5.41) is 4.37. The lowest BCUT2D eigenvalue weighted by atomic mass is 9.99. The number of nitrogens with zero attached hydrogens (tertiary/aromatic N) is 1. The number of carbonyl (C=O) groups excluding carboxylic acids is 1. The van der Waals surface area contributed by atoms with E-state index in [1.165, 1.54) is 11.3 Å². The zero-order valence-corrected chi connectivity index (χ0v) is 20.4. The van der Waals surface area contributed by atoms with Gasteiger partial charge in [-0.2, -0.15) is 0 Å². The Balaban J connectivity index is 1.44. The molecule has 1 N–H and O–H groups in total. The summed E-state index contributed by atoms with van der Waals surface area (Å²) in [5.74, 6) is 1.16. The van der Waals surface area contributed by atoms with Crippen LogP contribution in [0.3, 0.4) is 0 Å². The highest BCUT2D eigenvalue weighted by atomic mass is 32.1. The van der Waals surface area contributed by atoms with E-state index in [0.29, 0.717) is 17.5 Å². The lowest BCUT2D eigenvalue weighted by Gasteiger charge is -2.10. The summed E-state index contributed by atoms with van der Waals surface area (Å²) in [4.78, 5) is 17.4. The maximum absolute atomic E-state index is 12.8. The average Bonchev–Trinajstić information content (AvgIpc) is 3.46. The molecular formula is C28H24N2O4S. The molecule has 0 atom stereocenters. The molecule has 7 heteroatoms. The van der Waals surface area contributed by atoms with Crippen LogP contribution >= 0.6 is 11.3 Å². The third-order valence-electron chi connectivity index (χ3n) is 5.65. The van der Waals surface area contributed by atoms with Gasteiger partial charge < -0.3 is 13.9 Å². The number of hydrogen-bond acceptors (Lipinski definition) is 6. The Morgan fingerprint density at radius 2 is 1.97 bits per heavy atom. The highest BCUT2D eigenvalue weighted by Gasteiger charge is 2.15. The maximum atomic E-state index is 12.8. The minimum atomic E-state index is -0.260. The van der Waals surface area contributed by atoms with E-state index < -0.39 is 0 Å². The molecule has 35 heavy (non-hydrogen) atoms. The van der Waals surface area contributed by atoms with Crippen molar-refractivity contribution in [3.63, 3.8) is 0 Å². The molecule has 2 aromatic heterocycles. The quantitative estimate of drug-likeness (QED) is 0.248. The Kier molecular flexibility index (Phi) is 6.25. The maximum Gasteiger partial charge on any atom is 0.250 e. The molecular weight excluding hydrogens is 460 g/mol. The fourth-order valence-electron chi connectivity index (χ4n) is 4.00. The Morgan fingerprint density at radius 1 is 1.14 bits per heavy atom. The summed E-state index contributed by atoms with van der Waals surface area (Å²) in [6.07, 6.45) is 3.31. The van der Waals surface area contributed by atoms with Gasteiger partial charge in [0.05, 0.1) is 30.2 Å². The number of allylic oxidation sites excluding steroid dienone is 1. The second kappa shape index (κ2) is 9.64. The molecule has 5 rings (SSSR count). The number of rotatable bonds is 7. The highest BCUT2D eigenvalue weighted by molar-refractivity contribution is 7.22. The lowest BCUT2D eigenvalue weighted by Crippen LogP contribution is -2.08. The van der Waals surface area contributed by atoms with Crippen LogP contribution in [0.4, 0.5) is 5.13 Å². The number of nitrogens with one attached hydrogen (secondary N) is 1. The molecule has 0 aliphatic carbocycles. The predicted octanol–water partition coefficient (Wildman–Crippen LogP) is 7.16. The number of amides is 1. The van der Waals surface area contributed by atoms with Gasteiger partial charge in [-0.1, -0.05) is 41.7 Å². The largest absolute Gasteiger partial charge is 0.496 e. The van der Waals surface area contributed by atoms with Gasteiger partial charge >= 0.3 is 0 Å². The molecule has 0 radical (unpaired) electrons. The van der Waals surface area contributed by atoms with Crippen molar-refractivity contribution in [1.29, 1.82) is 0 Å². The predicted molar refractivity (Wildman–Crippen MR) is 141 cm³/mol. The van der Waals surface area contributed by atoms with E-state index in [1.54, 1.807) is 19.4 Å². The number of benzene rings is 3. The molecule has 0 saturated carbocycles. The van der Waals surface area contributed by atoms with Crippen molar-refractivity contribution in [1.82, 2.24) is 4.98 Å². The van der Waals surface area contributed by atoms with E-state index in [9.17, 15) is 4.79 Å². The van der Waals surface area contributed by atoms with Crippen molar-refractivity contribution in [2.45, 2.75) is 13.8 Å². The second-order valence-electron chi connectivity index (χ2n) is 7.96. The number of aromatic nitrogens is 1. The van der Waals surface area contributed by atoms with Gasteiger partial charge in [-0.15, -0.1) is 0 Å². The first-order valence-corrected chi connectivity index (χ1v) is 12.0. The van der Waals surface area contributed by atoms with Crippen LogP contribution in [0, 0.1) is 0 Å². The standard InChI is InChI=1S/C28H24N2O4S/c1-4-33-19-10-11-23-26(13-19)35-28(29-23)30-27(31)12-17(2)20-14-21-22(18-8-6-5-7-9-18)16-34-25(21)15-24(20)32-3/h5-16H,4H2,1-3H3,(H,29,30,31)/b17-12+. The van der Waals surface area contributed by atoms with Crippen molar-refractivity contribution in [3.8, 4) is 22.6 Å². The molecule has 0 aliphatic heterocycles. The van der Waals surface area contributed by atoms with E-state index in [2.05, 4.69) is 10.3 Å². The summed E-state index contributed by atoms with van der Waals surface area (Å²) in [5.41, 5.74) is 5.17. The molecule has 0 saturated heterocycles. The molecule has 0 aliphatic rings. The zero-order chi connectivity index (χ0) is 24.4. The van der Waals surface area contributed by atoms with Gasteiger partial charge in [0.1, 0.15) is 17.1 Å². The number of furan rings is 1. The van der Waals surface area contributed by atoms with Gasteiger partial charge in [0.2, 0.25) is 5.91 Å². The first-order chi connectivity index (χ1) is 17.1. The molecule has 0 bridgehead atoms. The van der Waals surface area contributed by atoms with Crippen molar-refractivity contribution in [2.24, 2.45) is 0 Å². The Morgan fingerprint density at radius 3 is 2.74 bits per heavy atom. The second-order valence-corrected chi connectivity index (χ2v) is 8.99. The van der Waals surface area contributed by atoms with Crippen molar-refractivity contribution in [3.05, 3.63) is 78.6 Å². The van der Waals surface area contributed by atoms with E-state index in [4.69, 9.17) is 13.9 Å². The number of carbonyl (C=O) groups is 1. The van der Waals surface area contributed by atoms with Gasteiger partial charge in [0, 0.05) is 28.7 Å². The van der Waals surface area contributed by atoms with E-state index in [0.717, 1.165) is 49.2 Å². The third-order valence-corrected chi connectivity index (χ3v) is 6.59. The van der Waals surface area contributed by atoms with Crippen LogP contribution in [0.15, 0.2) is 77.4 Å². The summed E-state index contributed by atoms with van der Waals surface area (Å²) in [7, 11) is 1.61. The summed E-state index contributed by atoms with van der Waals surface area (Å²) >= 11 is 1.41. The fraction of sp³-hybridized carbons (Fsp3) is 0.143. The SMILES string of the molecule is CCOc1ccc2nc(NC(=O)/C=C(\C)c3cc4c(-c5ccccc5)coc4cc3OC)sc2c1.